The number of halogens is 1. The van der Waals surface area contributed by atoms with Crippen LogP contribution in [0.4, 0.5) is 5.82 Å². The monoisotopic (exact) mass is 440 g/mol. The number of carbonyl (C=O) groups excluding carboxylic acids is 1. The van der Waals surface area contributed by atoms with E-state index in [0.29, 0.717) is 11.5 Å². The van der Waals surface area contributed by atoms with Gasteiger partial charge in [-0.2, -0.15) is 0 Å². The molecular weight excluding hydrogens is 428 g/mol. The van der Waals surface area contributed by atoms with E-state index in [-0.39, 0.29) is 39.6 Å². The fourth-order valence-corrected chi connectivity index (χ4v) is 5.30. The van der Waals surface area contributed by atoms with E-state index in [2.05, 4.69) is 14.4 Å². The molecule has 28 heavy (non-hydrogen) atoms. The van der Waals surface area contributed by atoms with Crippen molar-refractivity contribution in [1.29, 1.82) is 0 Å². The number of rotatable bonds is 6. The summed E-state index contributed by atoms with van der Waals surface area (Å²) in [7, 11) is -4.06. The lowest BCUT2D eigenvalue weighted by molar-refractivity contribution is 0.0994. The van der Waals surface area contributed by atoms with Crippen LogP contribution in [0.3, 0.4) is 0 Å². The maximum absolute atomic E-state index is 12.9. The predicted octanol–water partition coefficient (Wildman–Crippen LogP) is 3.65. The number of ether oxygens (including phenoxy) is 2. The van der Waals surface area contributed by atoms with Gasteiger partial charge in [0.1, 0.15) is 16.2 Å². The van der Waals surface area contributed by atoms with Gasteiger partial charge in [-0.3, -0.25) is 9.52 Å². The number of benzene rings is 1. The number of aryl methyl sites for hydroxylation is 1. The summed E-state index contributed by atoms with van der Waals surface area (Å²) in [6.07, 6.45) is 1.12. The number of hydrogen-bond acceptors (Lipinski definition) is 8. The van der Waals surface area contributed by atoms with Crippen LogP contribution in [0.25, 0.3) is 0 Å². The summed E-state index contributed by atoms with van der Waals surface area (Å²) in [4.78, 5) is 12.8. The number of nitrogens with one attached hydrogen (secondary N) is 1. The maximum Gasteiger partial charge on any atom is 0.264 e. The van der Waals surface area contributed by atoms with Crippen LogP contribution in [-0.4, -0.2) is 26.2 Å². The minimum atomic E-state index is -4.06. The molecule has 8 nitrogen and oxygen atoms in total. The van der Waals surface area contributed by atoms with E-state index in [1.807, 2.05) is 6.92 Å². The summed E-state index contributed by atoms with van der Waals surface area (Å²) in [5.74, 6) is 0.720. The highest BCUT2D eigenvalue weighted by atomic mass is 35.5. The summed E-state index contributed by atoms with van der Waals surface area (Å²) in [6, 6.07) is 4.90. The van der Waals surface area contributed by atoms with E-state index < -0.39 is 10.0 Å². The molecule has 2 aromatic heterocycles. The van der Waals surface area contributed by atoms with Crippen LogP contribution >= 0.6 is 22.9 Å². The lowest BCUT2D eigenvalue weighted by Crippen LogP contribution is -2.16. The van der Waals surface area contributed by atoms with E-state index in [1.54, 1.807) is 17.5 Å². The van der Waals surface area contributed by atoms with Gasteiger partial charge in [-0.05, 0) is 41.6 Å². The highest BCUT2D eigenvalue weighted by Gasteiger charge is 2.27. The number of hydrogen-bond donors (Lipinski definition) is 1. The standard InChI is InChI=1S/C17H13ClN2O6S2/c1-9-4-13-14(25-8-24-13)6-10(9)5-12(21)16-15(2-3-27-16)28(22,23)20-17-11(18)7-26-19-17/h2-4,6-7H,5,8H2,1H3,(H,19,20). The summed E-state index contributed by atoms with van der Waals surface area (Å²) in [6.45, 7) is 1.99. The number of Topliss-reactive ketones (excluding diaryl/α,β-unsaturated/α-hetero) is 1. The first-order valence-electron chi connectivity index (χ1n) is 7.97. The third-order valence-electron chi connectivity index (χ3n) is 4.11. The quantitative estimate of drug-likeness (QED) is 0.583. The molecule has 0 amide bonds. The molecule has 0 atom stereocenters. The lowest BCUT2D eigenvalue weighted by Gasteiger charge is -2.09. The molecule has 3 heterocycles. The lowest BCUT2D eigenvalue weighted by atomic mass is 10.0. The number of anilines is 1. The third-order valence-corrected chi connectivity index (χ3v) is 6.85. The number of nitrogens with zero attached hydrogens (tertiary/aromatic N) is 1. The number of sulfonamides is 1. The Bertz CT molecular complexity index is 1170. The Hall–Kier alpha value is -2.56. The van der Waals surface area contributed by atoms with Crippen LogP contribution in [0, 0.1) is 6.92 Å². The average molecular weight is 441 g/mol. The molecule has 1 aliphatic heterocycles. The fourth-order valence-electron chi connectivity index (χ4n) is 2.72. The highest BCUT2D eigenvalue weighted by molar-refractivity contribution is 7.93. The van der Waals surface area contributed by atoms with Gasteiger partial charge in [-0.1, -0.05) is 16.8 Å². The number of fused-ring (bicyclic) bond motifs is 1. The third kappa shape index (κ3) is 3.46. The predicted molar refractivity (Wildman–Crippen MR) is 102 cm³/mol. The molecule has 3 aromatic rings. The summed E-state index contributed by atoms with van der Waals surface area (Å²) < 4.78 is 42.9. The van der Waals surface area contributed by atoms with Crippen molar-refractivity contribution in [2.24, 2.45) is 0 Å². The van der Waals surface area contributed by atoms with Crippen LogP contribution in [0.1, 0.15) is 20.8 Å². The minimum absolute atomic E-state index is 0.0164. The summed E-state index contributed by atoms with van der Waals surface area (Å²) in [5.41, 5.74) is 1.59. The van der Waals surface area contributed by atoms with Gasteiger partial charge >= 0.3 is 0 Å². The topological polar surface area (TPSA) is 108 Å². The molecule has 146 valence electrons. The Morgan fingerprint density at radius 1 is 1.32 bits per heavy atom. The van der Waals surface area contributed by atoms with Crippen molar-refractivity contribution in [1.82, 2.24) is 5.16 Å². The molecule has 11 heteroatoms. The second kappa shape index (κ2) is 7.12. The van der Waals surface area contributed by atoms with Gasteiger partial charge in [0.05, 0.1) is 4.88 Å². The Balaban J connectivity index is 1.60. The first kappa shape index (κ1) is 18.8. The molecule has 0 aliphatic carbocycles. The van der Waals surface area contributed by atoms with Gasteiger partial charge in [-0.25, -0.2) is 8.42 Å². The number of carbonyl (C=O) groups is 1. The van der Waals surface area contributed by atoms with E-state index in [4.69, 9.17) is 21.1 Å². The zero-order valence-electron chi connectivity index (χ0n) is 14.4. The largest absolute Gasteiger partial charge is 0.454 e. The van der Waals surface area contributed by atoms with E-state index in [1.165, 1.54) is 6.07 Å². The molecule has 0 unspecified atom stereocenters. The maximum atomic E-state index is 12.9. The van der Waals surface area contributed by atoms with Gasteiger partial charge in [0.2, 0.25) is 12.6 Å². The van der Waals surface area contributed by atoms with Crippen LogP contribution in [0.5, 0.6) is 11.5 Å². The van der Waals surface area contributed by atoms with E-state index in [0.717, 1.165) is 28.7 Å². The molecule has 0 saturated heterocycles. The second-order valence-electron chi connectivity index (χ2n) is 5.96. The molecule has 0 spiro atoms. The zero-order chi connectivity index (χ0) is 19.9. The van der Waals surface area contributed by atoms with Gasteiger partial charge in [0, 0.05) is 6.42 Å². The van der Waals surface area contributed by atoms with Crippen LogP contribution in [0.15, 0.2) is 39.3 Å². The SMILES string of the molecule is Cc1cc2c(cc1CC(=O)c1sccc1S(=O)(=O)Nc1nocc1Cl)OCO2. The average Bonchev–Trinajstić information content (AvgIpc) is 3.36. The fraction of sp³-hybridized carbons (Fsp3) is 0.176. The van der Waals surface area contributed by atoms with Gasteiger partial charge in [0.15, 0.2) is 17.3 Å². The molecule has 0 radical (unpaired) electrons. The Morgan fingerprint density at radius 2 is 2.07 bits per heavy atom. The molecule has 4 rings (SSSR count). The zero-order valence-corrected chi connectivity index (χ0v) is 16.8. The normalized spacial score (nSPS) is 12.9. The van der Waals surface area contributed by atoms with E-state index in [9.17, 15) is 13.2 Å². The van der Waals surface area contributed by atoms with Crippen LogP contribution < -0.4 is 14.2 Å². The van der Waals surface area contributed by atoms with Crippen molar-refractivity contribution in [3.8, 4) is 11.5 Å². The van der Waals surface area contributed by atoms with Crippen molar-refractivity contribution in [2.75, 3.05) is 11.5 Å². The molecule has 1 aromatic carbocycles. The van der Waals surface area contributed by atoms with Gasteiger partial charge in [0.25, 0.3) is 10.0 Å². The number of ketones is 1. The van der Waals surface area contributed by atoms with Crippen molar-refractivity contribution in [3.05, 3.63) is 50.9 Å². The van der Waals surface area contributed by atoms with Crippen molar-refractivity contribution >= 4 is 44.6 Å². The Kier molecular flexibility index (Phi) is 4.77. The molecule has 1 N–H and O–H groups in total. The molecule has 0 fully saturated rings. The molecular formula is C17H13ClN2O6S2. The highest BCUT2D eigenvalue weighted by Crippen LogP contribution is 2.35. The smallest absolute Gasteiger partial charge is 0.264 e. The number of aromatic nitrogens is 1. The molecule has 0 saturated carbocycles. The Morgan fingerprint density at radius 3 is 2.79 bits per heavy atom. The van der Waals surface area contributed by atoms with Crippen LogP contribution in [0.2, 0.25) is 5.02 Å². The van der Waals surface area contributed by atoms with E-state index >= 15 is 0 Å². The summed E-state index contributed by atoms with van der Waals surface area (Å²) in [5, 5.41) is 5.05. The van der Waals surface area contributed by atoms with Gasteiger partial charge < -0.3 is 14.0 Å². The van der Waals surface area contributed by atoms with Gasteiger partial charge in [-0.15, -0.1) is 11.3 Å². The Labute approximate surface area is 169 Å². The van der Waals surface area contributed by atoms with Crippen molar-refractivity contribution in [3.63, 3.8) is 0 Å². The van der Waals surface area contributed by atoms with Crippen molar-refractivity contribution in [2.45, 2.75) is 18.2 Å². The van der Waals surface area contributed by atoms with Crippen molar-refractivity contribution < 1.29 is 27.2 Å². The summed E-state index contributed by atoms with van der Waals surface area (Å²) >= 11 is 6.86. The first-order chi connectivity index (χ1) is 13.3. The first-order valence-corrected chi connectivity index (χ1v) is 10.7. The van der Waals surface area contributed by atoms with Crippen LogP contribution in [-0.2, 0) is 16.4 Å². The second-order valence-corrected chi connectivity index (χ2v) is 8.94. The molecule has 0 bridgehead atoms. The molecule has 1 aliphatic rings. The number of thiophene rings is 1. The minimum Gasteiger partial charge on any atom is -0.454 e.